The summed E-state index contributed by atoms with van der Waals surface area (Å²) < 4.78 is 1.56. The topological polar surface area (TPSA) is 46.4 Å². The SMILES string of the molecule is CC1CCC(Nc2cc(=O)n3ccccc3n2)CC1. The van der Waals surface area contributed by atoms with Crippen LogP contribution >= 0.6 is 0 Å². The first kappa shape index (κ1) is 12.2. The molecular formula is C15H19N3O. The van der Waals surface area contributed by atoms with Crippen LogP contribution < -0.4 is 10.9 Å². The van der Waals surface area contributed by atoms with Gasteiger partial charge in [-0.05, 0) is 43.7 Å². The molecule has 1 N–H and O–H groups in total. The van der Waals surface area contributed by atoms with Gasteiger partial charge in [-0.1, -0.05) is 13.0 Å². The molecule has 2 aromatic rings. The Kier molecular flexibility index (Phi) is 3.23. The normalized spacial score (nSPS) is 23.4. The van der Waals surface area contributed by atoms with Gasteiger partial charge in [0.25, 0.3) is 5.56 Å². The summed E-state index contributed by atoms with van der Waals surface area (Å²) in [5, 5.41) is 3.41. The van der Waals surface area contributed by atoms with Crippen molar-refractivity contribution in [3.05, 3.63) is 40.8 Å². The summed E-state index contributed by atoms with van der Waals surface area (Å²) in [6.07, 6.45) is 6.58. The Morgan fingerprint density at radius 2 is 2.05 bits per heavy atom. The number of nitrogens with zero attached hydrogens (tertiary/aromatic N) is 2. The number of fused-ring (bicyclic) bond motifs is 1. The highest BCUT2D eigenvalue weighted by Crippen LogP contribution is 2.25. The third-order valence-electron chi connectivity index (χ3n) is 3.94. The number of hydrogen-bond acceptors (Lipinski definition) is 3. The molecule has 0 spiro atoms. The number of rotatable bonds is 2. The van der Waals surface area contributed by atoms with Gasteiger partial charge in [0.2, 0.25) is 0 Å². The zero-order valence-corrected chi connectivity index (χ0v) is 11.2. The van der Waals surface area contributed by atoms with E-state index in [0.29, 0.717) is 17.5 Å². The Morgan fingerprint density at radius 1 is 1.26 bits per heavy atom. The van der Waals surface area contributed by atoms with Crippen molar-refractivity contribution < 1.29 is 0 Å². The third kappa shape index (κ3) is 2.62. The molecule has 4 heteroatoms. The molecule has 0 aliphatic heterocycles. The van der Waals surface area contributed by atoms with E-state index in [0.717, 1.165) is 18.8 Å². The van der Waals surface area contributed by atoms with Crippen molar-refractivity contribution in [1.82, 2.24) is 9.38 Å². The summed E-state index contributed by atoms with van der Waals surface area (Å²) in [4.78, 5) is 16.5. The summed E-state index contributed by atoms with van der Waals surface area (Å²) in [5.41, 5.74) is 0.666. The molecule has 0 aromatic carbocycles. The largest absolute Gasteiger partial charge is 0.367 e. The number of nitrogens with one attached hydrogen (secondary N) is 1. The Labute approximate surface area is 112 Å². The highest BCUT2D eigenvalue weighted by Gasteiger charge is 2.18. The fraction of sp³-hybridized carbons (Fsp3) is 0.467. The van der Waals surface area contributed by atoms with Gasteiger partial charge in [0.05, 0.1) is 0 Å². The van der Waals surface area contributed by atoms with E-state index in [1.807, 2.05) is 18.2 Å². The van der Waals surface area contributed by atoms with Crippen LogP contribution in [-0.2, 0) is 0 Å². The number of hydrogen-bond donors (Lipinski definition) is 1. The van der Waals surface area contributed by atoms with Gasteiger partial charge < -0.3 is 5.32 Å². The minimum atomic E-state index is -0.0303. The number of pyridine rings is 1. The molecular weight excluding hydrogens is 238 g/mol. The lowest BCUT2D eigenvalue weighted by Gasteiger charge is -2.27. The molecule has 0 amide bonds. The van der Waals surface area contributed by atoms with Gasteiger partial charge in [-0.3, -0.25) is 9.20 Å². The Hall–Kier alpha value is -1.84. The van der Waals surface area contributed by atoms with Gasteiger partial charge in [0.1, 0.15) is 11.5 Å². The maximum Gasteiger partial charge on any atom is 0.259 e. The molecule has 1 aliphatic rings. The van der Waals surface area contributed by atoms with Gasteiger partial charge >= 0.3 is 0 Å². The molecule has 100 valence electrons. The fourth-order valence-corrected chi connectivity index (χ4v) is 2.74. The van der Waals surface area contributed by atoms with Crippen molar-refractivity contribution >= 4 is 11.5 Å². The van der Waals surface area contributed by atoms with Gasteiger partial charge in [0.15, 0.2) is 0 Å². The maximum absolute atomic E-state index is 12.0. The predicted molar refractivity (Wildman–Crippen MR) is 76.5 cm³/mol. The van der Waals surface area contributed by atoms with Crippen LogP contribution in [0.3, 0.4) is 0 Å². The van der Waals surface area contributed by atoms with Gasteiger partial charge in [-0.2, -0.15) is 0 Å². The first-order valence-corrected chi connectivity index (χ1v) is 6.97. The molecule has 1 aliphatic carbocycles. The monoisotopic (exact) mass is 257 g/mol. The van der Waals surface area contributed by atoms with Crippen molar-refractivity contribution in [2.75, 3.05) is 5.32 Å². The van der Waals surface area contributed by atoms with Crippen molar-refractivity contribution in [3.8, 4) is 0 Å². The lowest BCUT2D eigenvalue weighted by molar-refractivity contribution is 0.361. The minimum absolute atomic E-state index is 0.0303. The number of aromatic nitrogens is 2. The van der Waals surface area contributed by atoms with E-state index >= 15 is 0 Å². The predicted octanol–water partition coefficient (Wildman–Crippen LogP) is 2.69. The third-order valence-corrected chi connectivity index (χ3v) is 3.94. The second-order valence-corrected chi connectivity index (χ2v) is 5.51. The molecule has 3 rings (SSSR count). The zero-order valence-electron chi connectivity index (χ0n) is 11.2. The number of anilines is 1. The zero-order chi connectivity index (χ0) is 13.2. The average Bonchev–Trinajstić information content (AvgIpc) is 2.42. The van der Waals surface area contributed by atoms with E-state index in [9.17, 15) is 4.79 Å². The summed E-state index contributed by atoms with van der Waals surface area (Å²) in [6, 6.07) is 7.63. The molecule has 0 unspecified atom stereocenters. The molecule has 2 aromatic heterocycles. The Bertz CT molecular complexity index is 627. The molecule has 0 atom stereocenters. The quantitative estimate of drug-likeness (QED) is 0.899. The lowest BCUT2D eigenvalue weighted by atomic mass is 9.87. The van der Waals surface area contributed by atoms with Crippen molar-refractivity contribution in [2.45, 2.75) is 38.6 Å². The van der Waals surface area contributed by atoms with Crippen molar-refractivity contribution in [3.63, 3.8) is 0 Å². The van der Waals surface area contributed by atoms with Crippen LogP contribution in [0.4, 0.5) is 5.82 Å². The second kappa shape index (κ2) is 5.03. The van der Waals surface area contributed by atoms with Crippen LogP contribution in [0.15, 0.2) is 35.3 Å². The molecule has 0 bridgehead atoms. The molecule has 1 fully saturated rings. The van der Waals surface area contributed by atoms with E-state index in [1.54, 1.807) is 16.7 Å². The van der Waals surface area contributed by atoms with E-state index in [4.69, 9.17) is 0 Å². The summed E-state index contributed by atoms with van der Waals surface area (Å²) >= 11 is 0. The Balaban J connectivity index is 1.83. The van der Waals surface area contributed by atoms with Crippen LogP contribution in [-0.4, -0.2) is 15.4 Å². The smallest absolute Gasteiger partial charge is 0.259 e. The first-order chi connectivity index (χ1) is 9.22. The standard InChI is InChI=1S/C15H19N3O/c1-11-5-7-12(8-6-11)16-13-10-15(19)18-9-3-2-4-14(18)17-13/h2-4,9-12,16H,5-8H2,1H3. The molecule has 0 saturated heterocycles. The van der Waals surface area contributed by atoms with Gasteiger partial charge in [-0.15, -0.1) is 0 Å². The summed E-state index contributed by atoms with van der Waals surface area (Å²) in [6.45, 7) is 2.30. The second-order valence-electron chi connectivity index (χ2n) is 5.51. The molecule has 19 heavy (non-hydrogen) atoms. The molecule has 4 nitrogen and oxygen atoms in total. The van der Waals surface area contributed by atoms with E-state index < -0.39 is 0 Å². The van der Waals surface area contributed by atoms with E-state index in [-0.39, 0.29) is 5.56 Å². The molecule has 1 saturated carbocycles. The Morgan fingerprint density at radius 3 is 2.84 bits per heavy atom. The molecule has 2 heterocycles. The van der Waals surface area contributed by atoms with Gasteiger partial charge in [-0.25, -0.2) is 4.98 Å². The van der Waals surface area contributed by atoms with Gasteiger partial charge in [0, 0.05) is 18.3 Å². The summed E-state index contributed by atoms with van der Waals surface area (Å²) in [5.74, 6) is 1.53. The molecule has 0 radical (unpaired) electrons. The highest BCUT2D eigenvalue weighted by atomic mass is 16.1. The van der Waals surface area contributed by atoms with Crippen molar-refractivity contribution in [2.24, 2.45) is 5.92 Å². The maximum atomic E-state index is 12.0. The summed E-state index contributed by atoms with van der Waals surface area (Å²) in [7, 11) is 0. The van der Waals surface area contributed by atoms with E-state index in [2.05, 4.69) is 17.2 Å². The lowest BCUT2D eigenvalue weighted by Crippen LogP contribution is -2.27. The average molecular weight is 257 g/mol. The fourth-order valence-electron chi connectivity index (χ4n) is 2.74. The first-order valence-electron chi connectivity index (χ1n) is 6.97. The highest BCUT2D eigenvalue weighted by molar-refractivity contribution is 5.46. The van der Waals surface area contributed by atoms with E-state index in [1.165, 1.54) is 12.8 Å². The van der Waals surface area contributed by atoms with Crippen LogP contribution in [0.1, 0.15) is 32.6 Å². The minimum Gasteiger partial charge on any atom is -0.367 e. The van der Waals surface area contributed by atoms with Crippen LogP contribution in [0.25, 0.3) is 5.65 Å². The van der Waals surface area contributed by atoms with Crippen molar-refractivity contribution in [1.29, 1.82) is 0 Å². The van der Waals surface area contributed by atoms with Crippen LogP contribution in [0.2, 0.25) is 0 Å². The van der Waals surface area contributed by atoms with Crippen LogP contribution in [0, 0.1) is 5.92 Å². The van der Waals surface area contributed by atoms with Crippen LogP contribution in [0.5, 0.6) is 0 Å².